The maximum atomic E-state index is 11.2. The molecule has 17 heavy (non-hydrogen) atoms. The standard InChI is InChI=1S/C13H16N2OS/c1-9-4-2-3-5-10(9)13-14-11-6-7-15(16)8-12(11)17-13/h6-10H,2-5H2,1H3. The molecule has 0 radical (unpaired) electrons. The Morgan fingerprint density at radius 3 is 3.06 bits per heavy atom. The van der Waals surface area contributed by atoms with Crippen LogP contribution in [0.2, 0.25) is 0 Å². The molecular weight excluding hydrogens is 232 g/mol. The fourth-order valence-electron chi connectivity index (χ4n) is 2.72. The molecule has 2 heterocycles. The van der Waals surface area contributed by atoms with E-state index in [2.05, 4.69) is 6.92 Å². The lowest BCUT2D eigenvalue weighted by Gasteiger charge is -2.26. The molecule has 0 bridgehead atoms. The van der Waals surface area contributed by atoms with Crippen molar-refractivity contribution in [1.82, 2.24) is 4.98 Å². The van der Waals surface area contributed by atoms with Crippen molar-refractivity contribution in [2.24, 2.45) is 5.92 Å². The molecule has 2 atom stereocenters. The second kappa shape index (κ2) is 4.26. The summed E-state index contributed by atoms with van der Waals surface area (Å²) >= 11 is 1.69. The molecule has 2 unspecified atom stereocenters. The highest BCUT2D eigenvalue weighted by Crippen LogP contribution is 2.40. The van der Waals surface area contributed by atoms with Crippen LogP contribution >= 0.6 is 11.3 Å². The smallest absolute Gasteiger partial charge is 0.199 e. The normalized spacial score (nSPS) is 25.2. The van der Waals surface area contributed by atoms with Crippen LogP contribution in [0.25, 0.3) is 10.2 Å². The topological polar surface area (TPSA) is 39.8 Å². The maximum absolute atomic E-state index is 11.2. The molecule has 0 saturated heterocycles. The van der Waals surface area contributed by atoms with Gasteiger partial charge in [-0.05, 0) is 12.3 Å². The van der Waals surface area contributed by atoms with Crippen molar-refractivity contribution in [3.63, 3.8) is 0 Å². The summed E-state index contributed by atoms with van der Waals surface area (Å²) in [6.07, 6.45) is 8.37. The summed E-state index contributed by atoms with van der Waals surface area (Å²) in [4.78, 5) is 4.69. The van der Waals surface area contributed by atoms with E-state index in [-0.39, 0.29) is 0 Å². The van der Waals surface area contributed by atoms with Crippen molar-refractivity contribution < 1.29 is 4.73 Å². The van der Waals surface area contributed by atoms with Gasteiger partial charge in [-0.25, -0.2) is 4.98 Å². The highest BCUT2D eigenvalue weighted by molar-refractivity contribution is 7.18. The number of rotatable bonds is 1. The summed E-state index contributed by atoms with van der Waals surface area (Å²) in [5.74, 6) is 1.32. The Balaban J connectivity index is 1.99. The molecule has 0 aliphatic heterocycles. The number of nitrogens with zero attached hydrogens (tertiary/aromatic N) is 2. The summed E-state index contributed by atoms with van der Waals surface area (Å²) in [6.45, 7) is 2.32. The van der Waals surface area contributed by atoms with E-state index in [9.17, 15) is 5.21 Å². The molecule has 4 heteroatoms. The van der Waals surface area contributed by atoms with Crippen molar-refractivity contribution in [1.29, 1.82) is 0 Å². The van der Waals surface area contributed by atoms with Gasteiger partial charge >= 0.3 is 0 Å². The third-order valence-electron chi connectivity index (χ3n) is 3.75. The van der Waals surface area contributed by atoms with Crippen LogP contribution < -0.4 is 4.73 Å². The summed E-state index contributed by atoms with van der Waals surface area (Å²) < 4.78 is 1.87. The molecule has 1 fully saturated rings. The molecule has 2 aromatic rings. The van der Waals surface area contributed by atoms with E-state index in [1.54, 1.807) is 17.5 Å². The molecule has 3 nitrogen and oxygen atoms in total. The predicted molar refractivity (Wildman–Crippen MR) is 69.0 cm³/mol. The van der Waals surface area contributed by atoms with Gasteiger partial charge in [-0.3, -0.25) is 0 Å². The predicted octanol–water partition coefficient (Wildman–Crippen LogP) is 3.22. The summed E-state index contributed by atoms with van der Waals surface area (Å²) in [6, 6.07) is 1.82. The third kappa shape index (κ3) is 2.02. The van der Waals surface area contributed by atoms with Gasteiger partial charge in [0.2, 0.25) is 0 Å². The SMILES string of the molecule is CC1CCCCC1c1nc2cc[n+]([O-])cc2s1. The van der Waals surface area contributed by atoms with Gasteiger partial charge in [0, 0.05) is 12.0 Å². The summed E-state index contributed by atoms with van der Waals surface area (Å²) in [5, 5.41) is 12.4. The van der Waals surface area contributed by atoms with Crippen molar-refractivity contribution in [3.05, 3.63) is 28.7 Å². The Hall–Kier alpha value is -1.16. The van der Waals surface area contributed by atoms with E-state index >= 15 is 0 Å². The number of pyridine rings is 1. The van der Waals surface area contributed by atoms with Gasteiger partial charge in [-0.2, -0.15) is 4.73 Å². The minimum Gasteiger partial charge on any atom is -0.619 e. The Kier molecular flexibility index (Phi) is 2.74. The Labute approximate surface area is 105 Å². The van der Waals surface area contributed by atoms with Gasteiger partial charge in [0.05, 0.1) is 10.5 Å². The summed E-state index contributed by atoms with van der Waals surface area (Å²) in [7, 11) is 0. The zero-order valence-corrected chi connectivity index (χ0v) is 10.7. The first-order valence-corrected chi connectivity index (χ1v) is 7.05. The summed E-state index contributed by atoms with van der Waals surface area (Å²) in [5.41, 5.74) is 0.967. The van der Waals surface area contributed by atoms with Gasteiger partial charge in [-0.15, -0.1) is 11.3 Å². The first-order valence-electron chi connectivity index (χ1n) is 6.23. The lowest BCUT2D eigenvalue weighted by Crippen LogP contribution is -2.23. The number of hydrogen-bond donors (Lipinski definition) is 0. The lowest BCUT2D eigenvalue weighted by atomic mass is 9.81. The number of fused-ring (bicyclic) bond motifs is 1. The molecule has 0 N–H and O–H groups in total. The van der Waals surface area contributed by atoms with Crippen LogP contribution in [-0.4, -0.2) is 4.98 Å². The van der Waals surface area contributed by atoms with E-state index in [0.717, 1.165) is 20.9 Å². The largest absolute Gasteiger partial charge is 0.619 e. The van der Waals surface area contributed by atoms with Gasteiger partial charge in [0.25, 0.3) is 0 Å². The quantitative estimate of drug-likeness (QED) is 0.574. The van der Waals surface area contributed by atoms with E-state index in [1.807, 2.05) is 6.07 Å². The van der Waals surface area contributed by atoms with Gasteiger partial charge < -0.3 is 5.21 Å². The van der Waals surface area contributed by atoms with Gasteiger partial charge in [0.15, 0.2) is 12.4 Å². The molecule has 0 aromatic carbocycles. The third-order valence-corrected chi connectivity index (χ3v) is 4.89. The molecule has 3 rings (SSSR count). The van der Waals surface area contributed by atoms with Crippen LogP contribution in [0.1, 0.15) is 43.5 Å². The van der Waals surface area contributed by atoms with E-state index in [1.165, 1.54) is 36.9 Å². The molecular formula is C13H16N2OS. The average molecular weight is 248 g/mol. The van der Waals surface area contributed by atoms with Crippen LogP contribution in [0.4, 0.5) is 0 Å². The molecule has 0 amide bonds. The van der Waals surface area contributed by atoms with E-state index < -0.39 is 0 Å². The van der Waals surface area contributed by atoms with E-state index in [0.29, 0.717) is 5.92 Å². The van der Waals surface area contributed by atoms with Crippen molar-refractivity contribution in [2.75, 3.05) is 0 Å². The van der Waals surface area contributed by atoms with Crippen LogP contribution in [0, 0.1) is 11.1 Å². The van der Waals surface area contributed by atoms with Crippen LogP contribution in [-0.2, 0) is 0 Å². The van der Waals surface area contributed by atoms with Gasteiger partial charge in [0.1, 0.15) is 4.70 Å². The van der Waals surface area contributed by atoms with Crippen LogP contribution in [0.5, 0.6) is 0 Å². The molecule has 1 aliphatic rings. The zero-order chi connectivity index (χ0) is 11.8. The second-order valence-corrected chi connectivity index (χ2v) is 6.04. The monoisotopic (exact) mass is 248 g/mol. The van der Waals surface area contributed by atoms with Crippen LogP contribution in [0.15, 0.2) is 18.5 Å². The van der Waals surface area contributed by atoms with Crippen LogP contribution in [0.3, 0.4) is 0 Å². The Morgan fingerprint density at radius 1 is 1.41 bits per heavy atom. The highest BCUT2D eigenvalue weighted by atomic mass is 32.1. The van der Waals surface area contributed by atoms with Crippen molar-refractivity contribution in [3.8, 4) is 0 Å². The molecule has 1 saturated carbocycles. The van der Waals surface area contributed by atoms with E-state index in [4.69, 9.17) is 4.98 Å². The first kappa shape index (κ1) is 11.0. The average Bonchev–Trinajstić information content (AvgIpc) is 2.72. The Bertz CT molecular complexity index is 537. The molecule has 0 spiro atoms. The minimum atomic E-state index is 0.598. The fourth-order valence-corrected chi connectivity index (χ4v) is 3.96. The molecule has 90 valence electrons. The molecule has 2 aromatic heterocycles. The maximum Gasteiger partial charge on any atom is 0.199 e. The highest BCUT2D eigenvalue weighted by Gasteiger charge is 2.25. The van der Waals surface area contributed by atoms with Gasteiger partial charge in [-0.1, -0.05) is 26.2 Å². The number of hydrogen-bond acceptors (Lipinski definition) is 3. The fraction of sp³-hybridized carbons (Fsp3) is 0.538. The van der Waals surface area contributed by atoms with Crippen molar-refractivity contribution >= 4 is 21.6 Å². The Morgan fingerprint density at radius 2 is 2.24 bits per heavy atom. The number of thiazole rings is 1. The zero-order valence-electron chi connectivity index (χ0n) is 9.93. The molecule has 1 aliphatic carbocycles. The number of aromatic nitrogens is 2. The first-order chi connectivity index (χ1) is 8.24. The second-order valence-electron chi connectivity index (χ2n) is 4.97. The lowest BCUT2D eigenvalue weighted by molar-refractivity contribution is -0.603. The minimum absolute atomic E-state index is 0.598. The van der Waals surface area contributed by atoms with Crippen molar-refractivity contribution in [2.45, 2.75) is 38.5 Å².